The maximum Gasteiger partial charge on any atom is 0.335 e. The van der Waals surface area contributed by atoms with E-state index in [1.165, 1.54) is 16.2 Å². The molecule has 1 unspecified atom stereocenters. The van der Waals surface area contributed by atoms with E-state index in [2.05, 4.69) is 128 Å². The summed E-state index contributed by atoms with van der Waals surface area (Å²) in [7, 11) is 1.74. The fraction of sp³-hybridized carbons (Fsp3) is 0.413. The number of ether oxygens (including phenoxy) is 2. The minimum atomic E-state index is -1.18. The van der Waals surface area contributed by atoms with Gasteiger partial charge in [-0.3, -0.25) is 0 Å². The maximum absolute atomic E-state index is 11.4. The van der Waals surface area contributed by atoms with Gasteiger partial charge in [-0.1, -0.05) is 117 Å². The van der Waals surface area contributed by atoms with E-state index in [0.29, 0.717) is 24.3 Å². The minimum Gasteiger partial charge on any atom is -0.479 e. The average Bonchev–Trinajstić information content (AvgIpc) is 3.84. The molecule has 55 heavy (non-hydrogen) atoms. The van der Waals surface area contributed by atoms with Crippen LogP contribution in [0.15, 0.2) is 93.8 Å². The smallest absolute Gasteiger partial charge is 0.335 e. The van der Waals surface area contributed by atoms with Crippen LogP contribution in [0.25, 0.3) is 44.5 Å². The fourth-order valence-corrected chi connectivity index (χ4v) is 7.98. The maximum atomic E-state index is 11.4. The molecule has 2 heterocycles. The molecular formula is C46H53IN2O6. The second-order valence-electron chi connectivity index (χ2n) is 15.7. The number of oxazole rings is 2. The number of fused-ring (bicyclic) bond motifs is 2. The Kier molecular flexibility index (Phi) is 13.2. The second-order valence-corrected chi connectivity index (χ2v) is 16.5. The molecule has 8 nitrogen and oxygen atoms in total. The largest absolute Gasteiger partial charge is 0.479 e. The Morgan fingerprint density at radius 1 is 0.818 bits per heavy atom. The lowest BCUT2D eigenvalue weighted by Gasteiger charge is -2.34. The van der Waals surface area contributed by atoms with E-state index < -0.39 is 11.6 Å². The zero-order valence-corrected chi connectivity index (χ0v) is 35.1. The summed E-state index contributed by atoms with van der Waals surface area (Å²) in [5.41, 5.74) is 2.75. The zero-order valence-electron chi connectivity index (χ0n) is 33.0. The highest BCUT2D eigenvalue weighted by Crippen LogP contribution is 2.43. The molecule has 1 fully saturated rings. The van der Waals surface area contributed by atoms with Crippen LogP contribution < -0.4 is 0 Å². The van der Waals surface area contributed by atoms with Gasteiger partial charge >= 0.3 is 5.97 Å². The molecule has 0 bridgehead atoms. The van der Waals surface area contributed by atoms with Crippen molar-refractivity contribution in [2.24, 2.45) is 11.8 Å². The number of aliphatic carboxylic acids is 1. The van der Waals surface area contributed by atoms with E-state index in [1.54, 1.807) is 21.0 Å². The third kappa shape index (κ3) is 9.50. The molecule has 4 aromatic carbocycles. The van der Waals surface area contributed by atoms with Crippen molar-refractivity contribution in [1.29, 1.82) is 0 Å². The van der Waals surface area contributed by atoms with E-state index in [-0.39, 0.29) is 17.9 Å². The Morgan fingerprint density at radius 3 is 1.87 bits per heavy atom. The number of halogens is 1. The number of alkyl halides is 1. The first-order valence-electron chi connectivity index (χ1n) is 19.3. The predicted molar refractivity (Wildman–Crippen MR) is 228 cm³/mol. The zero-order chi connectivity index (χ0) is 39.3. The lowest BCUT2D eigenvalue weighted by Crippen LogP contribution is -2.37. The number of hydrogen-bond acceptors (Lipinski definition) is 7. The molecule has 0 aliphatic heterocycles. The van der Waals surface area contributed by atoms with Gasteiger partial charge < -0.3 is 23.4 Å². The molecule has 0 spiro atoms. The number of benzene rings is 4. The SMILES string of the molecule is CC(C)c1oc(-c2ccc3ccccc3c2)nc1CI.COC(c1nc(-c2ccc3ccccc3c2)oc1C(C)C)[C@@H]1CCC[C@H](COC(C)(C)C(=O)O)C1. The highest BCUT2D eigenvalue weighted by molar-refractivity contribution is 14.1. The fourth-order valence-electron chi connectivity index (χ4n) is 7.44. The minimum absolute atomic E-state index is 0.170. The van der Waals surface area contributed by atoms with E-state index in [9.17, 15) is 9.90 Å². The summed E-state index contributed by atoms with van der Waals surface area (Å²) in [6, 6.07) is 29.2. The lowest BCUT2D eigenvalue weighted by molar-refractivity contribution is -0.163. The molecule has 290 valence electrons. The van der Waals surface area contributed by atoms with Gasteiger partial charge in [-0.25, -0.2) is 14.8 Å². The molecule has 1 aliphatic rings. The Hall–Kier alpha value is -4.06. The van der Waals surface area contributed by atoms with Crippen LogP contribution in [0.4, 0.5) is 0 Å². The lowest BCUT2D eigenvalue weighted by atomic mass is 9.77. The van der Waals surface area contributed by atoms with Gasteiger partial charge in [-0.05, 0) is 90.8 Å². The Labute approximate surface area is 338 Å². The summed E-state index contributed by atoms with van der Waals surface area (Å²) in [6.07, 6.45) is 3.84. The van der Waals surface area contributed by atoms with Crippen LogP contribution in [0.3, 0.4) is 0 Å². The third-order valence-corrected chi connectivity index (χ3v) is 11.3. The van der Waals surface area contributed by atoms with E-state index >= 15 is 0 Å². The van der Waals surface area contributed by atoms with Crippen molar-refractivity contribution in [3.63, 3.8) is 0 Å². The number of hydrogen-bond donors (Lipinski definition) is 1. The van der Waals surface area contributed by atoms with Crippen LogP contribution in [0, 0.1) is 11.8 Å². The summed E-state index contributed by atoms with van der Waals surface area (Å²) in [5, 5.41) is 14.2. The summed E-state index contributed by atoms with van der Waals surface area (Å²) >= 11 is 2.34. The highest BCUT2D eigenvalue weighted by Gasteiger charge is 2.36. The Balaban J connectivity index is 0.000000217. The predicted octanol–water partition coefficient (Wildman–Crippen LogP) is 12.5. The summed E-state index contributed by atoms with van der Waals surface area (Å²) in [5.74, 6) is 3.37. The van der Waals surface area contributed by atoms with Crippen molar-refractivity contribution < 1.29 is 28.2 Å². The molecule has 7 rings (SSSR count). The summed E-state index contributed by atoms with van der Waals surface area (Å²) in [4.78, 5) is 21.1. The van der Waals surface area contributed by atoms with Gasteiger partial charge in [-0.15, -0.1) is 0 Å². The third-order valence-electron chi connectivity index (χ3n) is 10.5. The first-order chi connectivity index (χ1) is 26.4. The van der Waals surface area contributed by atoms with Gasteiger partial charge in [-0.2, -0.15) is 0 Å². The number of aromatic nitrogens is 2. The number of methoxy groups -OCH3 is 1. The van der Waals surface area contributed by atoms with Crippen molar-refractivity contribution in [2.75, 3.05) is 13.7 Å². The number of carbonyl (C=O) groups is 1. The van der Waals surface area contributed by atoms with Gasteiger partial charge in [0.25, 0.3) is 0 Å². The molecule has 0 saturated heterocycles. The van der Waals surface area contributed by atoms with Gasteiger partial charge in [0.15, 0.2) is 5.60 Å². The van der Waals surface area contributed by atoms with E-state index in [1.807, 2.05) is 12.1 Å². The van der Waals surface area contributed by atoms with Crippen molar-refractivity contribution in [2.45, 2.75) is 95.2 Å². The molecule has 9 heteroatoms. The van der Waals surface area contributed by atoms with E-state index in [0.717, 1.165) is 75.4 Å². The molecular weight excluding hydrogens is 803 g/mol. The van der Waals surface area contributed by atoms with Gasteiger partial charge in [0.2, 0.25) is 11.8 Å². The van der Waals surface area contributed by atoms with Crippen LogP contribution in [0.1, 0.15) is 108 Å². The standard InChI is InChI=1S/C29H37NO5.C17H16INO/c1-18(2)25-24(30-27(35-25)23-14-13-20-10-6-7-11-21(20)16-23)26(33-5)22-12-8-9-19(15-22)17-34-29(3,4)28(31)32;1-11(2)16-15(10-18)19-17(20-16)14-8-7-12-5-3-4-6-13(12)9-14/h6-7,10-11,13-14,16,18-19,22,26H,8-9,12,15,17H2,1-5H3,(H,31,32);3-9,11H,10H2,1-2H3/t19-,22+,26?;/m0./s1. The van der Waals surface area contributed by atoms with Crippen molar-refractivity contribution in [1.82, 2.24) is 9.97 Å². The highest BCUT2D eigenvalue weighted by atomic mass is 127. The number of rotatable bonds is 12. The van der Waals surface area contributed by atoms with Gasteiger partial charge in [0, 0.05) is 34.5 Å². The van der Waals surface area contributed by atoms with Gasteiger partial charge in [0.1, 0.15) is 23.3 Å². The van der Waals surface area contributed by atoms with Crippen LogP contribution in [-0.4, -0.2) is 40.4 Å². The number of carboxylic acid groups (broad SMARTS) is 1. The summed E-state index contributed by atoms with van der Waals surface area (Å²) in [6.45, 7) is 12.2. The summed E-state index contributed by atoms with van der Waals surface area (Å²) < 4.78 is 25.1. The Bertz CT molecular complexity index is 2220. The van der Waals surface area contributed by atoms with Crippen molar-refractivity contribution in [3.05, 3.63) is 108 Å². The first kappa shape index (κ1) is 40.6. The monoisotopic (exact) mass is 856 g/mol. The quantitative estimate of drug-likeness (QED) is 0.0958. The molecule has 1 aliphatic carbocycles. The molecule has 1 saturated carbocycles. The van der Waals surface area contributed by atoms with E-state index in [4.69, 9.17) is 23.3 Å². The van der Waals surface area contributed by atoms with Gasteiger partial charge in [0.05, 0.1) is 12.3 Å². The molecule has 0 radical (unpaired) electrons. The van der Waals surface area contributed by atoms with Crippen LogP contribution in [0.5, 0.6) is 0 Å². The van der Waals surface area contributed by atoms with Crippen LogP contribution >= 0.6 is 22.6 Å². The molecule has 0 amide bonds. The second kappa shape index (κ2) is 17.8. The molecule has 6 aromatic rings. The average molecular weight is 857 g/mol. The molecule has 3 atom stereocenters. The first-order valence-corrected chi connectivity index (χ1v) is 20.9. The van der Waals surface area contributed by atoms with Crippen molar-refractivity contribution in [3.8, 4) is 22.9 Å². The molecule has 1 N–H and O–H groups in total. The normalized spacial score (nSPS) is 16.8. The topological polar surface area (TPSA) is 108 Å². The van der Waals surface area contributed by atoms with Crippen molar-refractivity contribution >= 4 is 50.1 Å². The van der Waals surface area contributed by atoms with Crippen LogP contribution in [-0.2, 0) is 18.7 Å². The number of carboxylic acids is 1. The number of nitrogens with zero attached hydrogens (tertiary/aromatic N) is 2. The van der Waals surface area contributed by atoms with Crippen LogP contribution in [0.2, 0.25) is 0 Å². The Morgan fingerprint density at radius 2 is 1.36 bits per heavy atom. The molecule has 2 aromatic heterocycles.